The van der Waals surface area contributed by atoms with Crippen molar-refractivity contribution in [2.24, 2.45) is 11.8 Å². The fourth-order valence-electron chi connectivity index (χ4n) is 3.36. The second-order valence-electron chi connectivity index (χ2n) is 6.16. The summed E-state index contributed by atoms with van der Waals surface area (Å²) in [5.74, 6) is 2.43. The Balaban J connectivity index is 2.02. The Kier molecular flexibility index (Phi) is 3.76. The summed E-state index contributed by atoms with van der Waals surface area (Å²) in [7, 11) is 0. The second kappa shape index (κ2) is 5.12. The third-order valence-electron chi connectivity index (χ3n) is 3.93. The summed E-state index contributed by atoms with van der Waals surface area (Å²) in [6.45, 7) is 7.04. The first kappa shape index (κ1) is 12.5. The topological polar surface area (TPSA) is 26.0 Å². The molecule has 1 aliphatic rings. The molecule has 1 nitrogen and oxygen atoms in total. The molecule has 1 heteroatoms. The molecule has 0 radical (unpaired) electrons. The number of benzene rings is 1. The van der Waals surface area contributed by atoms with Crippen molar-refractivity contribution in [3.05, 3.63) is 29.3 Å². The van der Waals surface area contributed by atoms with Gasteiger partial charge in [-0.3, -0.25) is 0 Å². The standard InChI is InChI=1S/C16H25N/c1-11(2)8-12(3)9-13-4-5-14-10-15(17)6-7-16(13)14/h6-7,10-13H,4-5,8-9,17H2,1-3H3. The van der Waals surface area contributed by atoms with Crippen molar-refractivity contribution in [1.82, 2.24) is 0 Å². The fourth-order valence-corrected chi connectivity index (χ4v) is 3.36. The van der Waals surface area contributed by atoms with E-state index >= 15 is 0 Å². The molecule has 17 heavy (non-hydrogen) atoms. The number of fused-ring (bicyclic) bond motifs is 1. The van der Waals surface area contributed by atoms with Gasteiger partial charge in [-0.25, -0.2) is 0 Å². The van der Waals surface area contributed by atoms with E-state index in [1.807, 2.05) is 0 Å². The average Bonchev–Trinajstić information content (AvgIpc) is 2.59. The van der Waals surface area contributed by atoms with E-state index < -0.39 is 0 Å². The highest BCUT2D eigenvalue weighted by molar-refractivity contribution is 5.47. The van der Waals surface area contributed by atoms with Crippen molar-refractivity contribution in [1.29, 1.82) is 0 Å². The van der Waals surface area contributed by atoms with Crippen LogP contribution < -0.4 is 5.73 Å². The van der Waals surface area contributed by atoms with Gasteiger partial charge in [-0.05, 0) is 66.7 Å². The monoisotopic (exact) mass is 231 g/mol. The molecule has 2 N–H and O–H groups in total. The van der Waals surface area contributed by atoms with E-state index in [2.05, 4.69) is 39.0 Å². The van der Waals surface area contributed by atoms with E-state index in [9.17, 15) is 0 Å². The molecular weight excluding hydrogens is 206 g/mol. The first-order chi connectivity index (χ1) is 8.06. The van der Waals surface area contributed by atoms with Gasteiger partial charge in [-0.15, -0.1) is 0 Å². The van der Waals surface area contributed by atoms with E-state index in [0.717, 1.165) is 23.4 Å². The van der Waals surface area contributed by atoms with E-state index in [0.29, 0.717) is 0 Å². The van der Waals surface area contributed by atoms with Crippen LogP contribution in [-0.4, -0.2) is 0 Å². The maximum Gasteiger partial charge on any atom is 0.0316 e. The number of nitrogen functional groups attached to an aromatic ring is 1. The summed E-state index contributed by atoms with van der Waals surface area (Å²) in [5, 5.41) is 0. The molecule has 0 saturated carbocycles. The summed E-state index contributed by atoms with van der Waals surface area (Å²) >= 11 is 0. The van der Waals surface area contributed by atoms with Gasteiger partial charge >= 0.3 is 0 Å². The van der Waals surface area contributed by atoms with Crippen LogP contribution in [0, 0.1) is 11.8 Å². The van der Waals surface area contributed by atoms with Gasteiger partial charge in [0.2, 0.25) is 0 Å². The van der Waals surface area contributed by atoms with Gasteiger partial charge in [0.05, 0.1) is 0 Å². The quantitative estimate of drug-likeness (QED) is 0.765. The first-order valence-electron chi connectivity index (χ1n) is 6.94. The average molecular weight is 231 g/mol. The van der Waals surface area contributed by atoms with Crippen LogP contribution in [0.15, 0.2) is 18.2 Å². The molecule has 1 aliphatic carbocycles. The lowest BCUT2D eigenvalue weighted by molar-refractivity contribution is 0.383. The largest absolute Gasteiger partial charge is 0.399 e. The smallest absolute Gasteiger partial charge is 0.0316 e. The Morgan fingerprint density at radius 2 is 2.06 bits per heavy atom. The molecule has 0 amide bonds. The predicted molar refractivity (Wildman–Crippen MR) is 75.2 cm³/mol. The number of nitrogens with two attached hydrogens (primary N) is 1. The lowest BCUT2D eigenvalue weighted by Crippen LogP contribution is -2.05. The summed E-state index contributed by atoms with van der Waals surface area (Å²) in [5.41, 5.74) is 9.82. The van der Waals surface area contributed by atoms with Gasteiger partial charge in [0.1, 0.15) is 0 Å². The molecule has 2 rings (SSSR count). The summed E-state index contributed by atoms with van der Waals surface area (Å²) in [4.78, 5) is 0. The van der Waals surface area contributed by atoms with Gasteiger partial charge in [-0.2, -0.15) is 0 Å². The van der Waals surface area contributed by atoms with Crippen LogP contribution in [0.1, 0.15) is 57.1 Å². The third kappa shape index (κ3) is 3.02. The van der Waals surface area contributed by atoms with Crippen molar-refractivity contribution in [3.8, 4) is 0 Å². The highest BCUT2D eigenvalue weighted by atomic mass is 14.5. The van der Waals surface area contributed by atoms with Gasteiger partial charge in [0.15, 0.2) is 0 Å². The van der Waals surface area contributed by atoms with Crippen LogP contribution in [0.3, 0.4) is 0 Å². The molecule has 1 aromatic carbocycles. The zero-order chi connectivity index (χ0) is 12.4. The zero-order valence-electron chi connectivity index (χ0n) is 11.4. The molecule has 0 bridgehead atoms. The molecule has 0 aromatic heterocycles. The van der Waals surface area contributed by atoms with E-state index in [1.54, 1.807) is 5.56 Å². The van der Waals surface area contributed by atoms with Crippen molar-refractivity contribution >= 4 is 5.69 Å². The van der Waals surface area contributed by atoms with Crippen molar-refractivity contribution in [3.63, 3.8) is 0 Å². The van der Waals surface area contributed by atoms with Crippen molar-refractivity contribution < 1.29 is 0 Å². The van der Waals surface area contributed by atoms with Crippen molar-refractivity contribution in [2.75, 3.05) is 5.73 Å². The zero-order valence-corrected chi connectivity index (χ0v) is 11.4. The number of hydrogen-bond donors (Lipinski definition) is 1. The molecule has 1 aromatic rings. The molecule has 94 valence electrons. The van der Waals surface area contributed by atoms with Crippen LogP contribution in [0.4, 0.5) is 5.69 Å². The van der Waals surface area contributed by atoms with E-state index in [1.165, 1.54) is 31.2 Å². The third-order valence-corrected chi connectivity index (χ3v) is 3.93. The normalized spacial score (nSPS) is 20.6. The predicted octanol–water partition coefficient (Wildman–Crippen LogP) is 4.37. The Labute approximate surface area is 105 Å². The van der Waals surface area contributed by atoms with Crippen LogP contribution in [-0.2, 0) is 6.42 Å². The van der Waals surface area contributed by atoms with Gasteiger partial charge in [-0.1, -0.05) is 26.8 Å². The maximum absolute atomic E-state index is 5.84. The van der Waals surface area contributed by atoms with Gasteiger partial charge in [0.25, 0.3) is 0 Å². The Morgan fingerprint density at radius 3 is 2.76 bits per heavy atom. The summed E-state index contributed by atoms with van der Waals surface area (Å²) < 4.78 is 0. The molecule has 0 aliphatic heterocycles. The lowest BCUT2D eigenvalue weighted by Gasteiger charge is -2.19. The van der Waals surface area contributed by atoms with E-state index in [4.69, 9.17) is 5.73 Å². The van der Waals surface area contributed by atoms with Crippen molar-refractivity contribution in [2.45, 2.75) is 52.4 Å². The molecule has 0 spiro atoms. The molecule has 2 unspecified atom stereocenters. The Hall–Kier alpha value is -0.980. The van der Waals surface area contributed by atoms with Crippen LogP contribution in [0.2, 0.25) is 0 Å². The number of aryl methyl sites for hydroxylation is 1. The first-order valence-corrected chi connectivity index (χ1v) is 6.94. The molecule has 2 atom stereocenters. The highest BCUT2D eigenvalue weighted by Gasteiger charge is 2.24. The molecule has 0 saturated heterocycles. The summed E-state index contributed by atoms with van der Waals surface area (Å²) in [6.07, 6.45) is 5.23. The molecule has 0 heterocycles. The Bertz CT molecular complexity index is 381. The maximum atomic E-state index is 5.84. The number of rotatable bonds is 4. The van der Waals surface area contributed by atoms with Crippen LogP contribution in [0.25, 0.3) is 0 Å². The lowest BCUT2D eigenvalue weighted by atomic mass is 9.86. The summed E-state index contributed by atoms with van der Waals surface area (Å²) in [6, 6.07) is 6.48. The van der Waals surface area contributed by atoms with Crippen LogP contribution in [0.5, 0.6) is 0 Å². The van der Waals surface area contributed by atoms with Gasteiger partial charge in [0, 0.05) is 5.69 Å². The van der Waals surface area contributed by atoms with E-state index in [-0.39, 0.29) is 0 Å². The minimum absolute atomic E-state index is 0.777. The number of anilines is 1. The SMILES string of the molecule is CC(C)CC(C)CC1CCc2cc(N)ccc21. The highest BCUT2D eigenvalue weighted by Crippen LogP contribution is 2.39. The Morgan fingerprint density at radius 1 is 1.29 bits per heavy atom. The number of hydrogen-bond acceptors (Lipinski definition) is 1. The van der Waals surface area contributed by atoms with Crippen LogP contribution >= 0.6 is 0 Å². The minimum Gasteiger partial charge on any atom is -0.399 e. The second-order valence-corrected chi connectivity index (χ2v) is 6.16. The fraction of sp³-hybridized carbons (Fsp3) is 0.625. The van der Waals surface area contributed by atoms with Gasteiger partial charge < -0.3 is 5.73 Å². The minimum atomic E-state index is 0.777. The molecule has 0 fully saturated rings. The molecular formula is C16H25N.